The molecule has 32 heavy (non-hydrogen) atoms. The molecule has 154 valence electrons. The molecule has 1 aliphatic rings. The number of aromatic nitrogens is 3. The summed E-state index contributed by atoms with van der Waals surface area (Å²) in [6.07, 6.45) is 4.95. The minimum Gasteiger partial charge on any atom is -0.346 e. The van der Waals surface area contributed by atoms with Gasteiger partial charge in [0.25, 0.3) is 5.91 Å². The Morgan fingerprint density at radius 1 is 0.906 bits per heavy atom. The van der Waals surface area contributed by atoms with E-state index in [2.05, 4.69) is 26.3 Å². The maximum absolute atomic E-state index is 13.4. The summed E-state index contributed by atoms with van der Waals surface area (Å²) in [7, 11) is 0. The number of pyridine rings is 2. The van der Waals surface area contributed by atoms with E-state index in [-0.39, 0.29) is 11.9 Å². The lowest BCUT2D eigenvalue weighted by Crippen LogP contribution is -2.28. The lowest BCUT2D eigenvalue weighted by molar-refractivity contribution is 0.0945. The van der Waals surface area contributed by atoms with E-state index in [1.165, 1.54) is 6.07 Å². The summed E-state index contributed by atoms with van der Waals surface area (Å²) < 4.78 is 13.4. The standard InChI is InChI=1S/C26H17FN4O/c27-22-9-8-15(14-30-22)16-6-3-7-21-23(16)17-4-1-2-5-18(17)24(21)31-26(32)20-11-13-29-25-19(20)10-12-28-25/h1-14,24H,(H,28,29)(H,31,32). The van der Waals surface area contributed by atoms with Crippen molar-refractivity contribution in [2.24, 2.45) is 0 Å². The molecule has 3 aromatic heterocycles. The number of H-pyrrole nitrogens is 1. The van der Waals surface area contributed by atoms with Gasteiger partial charge in [-0.3, -0.25) is 4.79 Å². The molecule has 2 aromatic carbocycles. The van der Waals surface area contributed by atoms with Crippen molar-refractivity contribution in [2.75, 3.05) is 0 Å². The fourth-order valence-electron chi connectivity index (χ4n) is 4.55. The Hall–Kier alpha value is -4.32. The van der Waals surface area contributed by atoms with Gasteiger partial charge in [-0.2, -0.15) is 4.39 Å². The summed E-state index contributed by atoms with van der Waals surface area (Å²) in [5.41, 5.74) is 7.14. The molecule has 2 N–H and O–H groups in total. The van der Waals surface area contributed by atoms with Crippen LogP contribution in [0.25, 0.3) is 33.3 Å². The third kappa shape index (κ3) is 2.80. The monoisotopic (exact) mass is 420 g/mol. The molecule has 1 unspecified atom stereocenters. The van der Waals surface area contributed by atoms with Gasteiger partial charge < -0.3 is 10.3 Å². The van der Waals surface area contributed by atoms with Gasteiger partial charge in [0.2, 0.25) is 5.95 Å². The van der Waals surface area contributed by atoms with Gasteiger partial charge in [-0.1, -0.05) is 42.5 Å². The Morgan fingerprint density at radius 2 is 1.75 bits per heavy atom. The number of amides is 1. The van der Waals surface area contributed by atoms with E-state index in [4.69, 9.17) is 0 Å². The molecule has 1 atom stereocenters. The van der Waals surface area contributed by atoms with Crippen LogP contribution in [0.15, 0.2) is 85.3 Å². The first-order valence-corrected chi connectivity index (χ1v) is 10.3. The largest absolute Gasteiger partial charge is 0.346 e. The zero-order valence-corrected chi connectivity index (χ0v) is 16.8. The van der Waals surface area contributed by atoms with Crippen LogP contribution in [0.5, 0.6) is 0 Å². The number of aromatic amines is 1. The fourth-order valence-corrected chi connectivity index (χ4v) is 4.55. The van der Waals surface area contributed by atoms with Crippen LogP contribution in [0, 0.1) is 5.95 Å². The third-order valence-electron chi connectivity index (χ3n) is 5.97. The van der Waals surface area contributed by atoms with Crippen LogP contribution >= 0.6 is 0 Å². The lowest BCUT2D eigenvalue weighted by atomic mass is 9.95. The molecular weight excluding hydrogens is 403 g/mol. The van der Waals surface area contributed by atoms with Crippen LogP contribution in [0.1, 0.15) is 27.5 Å². The molecule has 6 heteroatoms. The number of hydrogen-bond acceptors (Lipinski definition) is 3. The van der Waals surface area contributed by atoms with Gasteiger partial charge in [0.05, 0.1) is 11.6 Å². The van der Waals surface area contributed by atoms with Crippen molar-refractivity contribution in [1.82, 2.24) is 20.3 Å². The highest BCUT2D eigenvalue weighted by molar-refractivity contribution is 6.06. The fraction of sp³-hybridized carbons (Fsp3) is 0.0385. The third-order valence-corrected chi connectivity index (χ3v) is 5.97. The summed E-state index contributed by atoms with van der Waals surface area (Å²) in [5.74, 6) is -0.682. The lowest BCUT2D eigenvalue weighted by Gasteiger charge is -2.17. The summed E-state index contributed by atoms with van der Waals surface area (Å²) >= 11 is 0. The Labute approximate surface area is 183 Å². The second kappa shape index (κ2) is 7.13. The Kier molecular flexibility index (Phi) is 4.11. The molecule has 0 fully saturated rings. The maximum atomic E-state index is 13.4. The van der Waals surface area contributed by atoms with Crippen molar-refractivity contribution in [3.8, 4) is 22.3 Å². The first-order chi connectivity index (χ1) is 15.7. The van der Waals surface area contributed by atoms with E-state index in [0.29, 0.717) is 11.2 Å². The van der Waals surface area contributed by atoms with Crippen molar-refractivity contribution in [3.63, 3.8) is 0 Å². The smallest absolute Gasteiger partial charge is 0.252 e. The highest BCUT2D eigenvalue weighted by Gasteiger charge is 2.32. The van der Waals surface area contributed by atoms with Gasteiger partial charge in [0, 0.05) is 29.5 Å². The Balaban J connectivity index is 1.47. The van der Waals surface area contributed by atoms with Crippen molar-refractivity contribution in [3.05, 3.63) is 108 Å². The van der Waals surface area contributed by atoms with Crippen molar-refractivity contribution in [1.29, 1.82) is 0 Å². The van der Waals surface area contributed by atoms with Gasteiger partial charge >= 0.3 is 0 Å². The van der Waals surface area contributed by atoms with Crippen LogP contribution in [-0.4, -0.2) is 20.9 Å². The van der Waals surface area contributed by atoms with Crippen LogP contribution in [0.3, 0.4) is 0 Å². The molecule has 1 amide bonds. The average molecular weight is 420 g/mol. The molecular formula is C26H17FN4O. The minimum atomic E-state index is -0.514. The number of carbonyl (C=O) groups is 1. The first-order valence-electron chi connectivity index (χ1n) is 10.3. The highest BCUT2D eigenvalue weighted by Crippen LogP contribution is 2.47. The van der Waals surface area contributed by atoms with E-state index in [0.717, 1.165) is 38.8 Å². The van der Waals surface area contributed by atoms with E-state index in [1.807, 2.05) is 42.5 Å². The molecule has 5 aromatic rings. The van der Waals surface area contributed by atoms with Crippen molar-refractivity contribution < 1.29 is 9.18 Å². The zero-order valence-electron chi connectivity index (χ0n) is 16.8. The van der Waals surface area contributed by atoms with Crippen molar-refractivity contribution in [2.45, 2.75) is 6.04 Å². The molecule has 5 nitrogen and oxygen atoms in total. The molecule has 6 rings (SSSR count). The number of nitrogens with zero attached hydrogens (tertiary/aromatic N) is 2. The van der Waals surface area contributed by atoms with Gasteiger partial charge in [-0.25, -0.2) is 9.97 Å². The number of nitrogens with one attached hydrogen (secondary N) is 2. The minimum absolute atomic E-state index is 0.168. The average Bonchev–Trinajstić information content (AvgIpc) is 3.43. The summed E-state index contributed by atoms with van der Waals surface area (Å²) in [5, 5.41) is 4.00. The molecule has 0 saturated heterocycles. The normalized spacial score (nSPS) is 14.2. The van der Waals surface area contributed by atoms with E-state index in [9.17, 15) is 9.18 Å². The van der Waals surface area contributed by atoms with Crippen LogP contribution in [-0.2, 0) is 0 Å². The summed E-state index contributed by atoms with van der Waals surface area (Å²) in [6.45, 7) is 0. The highest BCUT2D eigenvalue weighted by atomic mass is 19.1. The second-order valence-corrected chi connectivity index (χ2v) is 7.73. The van der Waals surface area contributed by atoms with Crippen LogP contribution in [0.2, 0.25) is 0 Å². The summed E-state index contributed by atoms with van der Waals surface area (Å²) in [4.78, 5) is 24.5. The molecule has 0 aliphatic heterocycles. The predicted molar refractivity (Wildman–Crippen MR) is 120 cm³/mol. The maximum Gasteiger partial charge on any atom is 0.252 e. The van der Waals surface area contributed by atoms with Crippen LogP contribution < -0.4 is 5.32 Å². The quantitative estimate of drug-likeness (QED) is 0.391. The predicted octanol–water partition coefficient (Wildman–Crippen LogP) is 5.26. The number of benzene rings is 2. The number of halogens is 1. The number of carbonyl (C=O) groups excluding carboxylic acids is 1. The Bertz CT molecular complexity index is 1490. The second-order valence-electron chi connectivity index (χ2n) is 7.73. The zero-order chi connectivity index (χ0) is 21.7. The van der Waals surface area contributed by atoms with E-state index >= 15 is 0 Å². The van der Waals surface area contributed by atoms with Crippen LogP contribution in [0.4, 0.5) is 4.39 Å². The molecule has 0 bridgehead atoms. The van der Waals surface area contributed by atoms with Gasteiger partial charge in [0.15, 0.2) is 0 Å². The summed E-state index contributed by atoms with van der Waals surface area (Å²) in [6, 6.07) is 20.4. The van der Waals surface area contributed by atoms with E-state index < -0.39 is 5.95 Å². The molecule has 0 radical (unpaired) electrons. The first kappa shape index (κ1) is 18.4. The van der Waals surface area contributed by atoms with Gasteiger partial charge in [-0.15, -0.1) is 0 Å². The number of fused-ring (bicyclic) bond motifs is 4. The number of rotatable bonds is 3. The topological polar surface area (TPSA) is 70.7 Å². The molecule has 0 spiro atoms. The van der Waals surface area contributed by atoms with E-state index in [1.54, 1.807) is 30.7 Å². The van der Waals surface area contributed by atoms with Gasteiger partial charge in [-0.05, 0) is 52.1 Å². The van der Waals surface area contributed by atoms with Gasteiger partial charge in [0.1, 0.15) is 5.65 Å². The SMILES string of the molecule is O=C(NC1c2ccccc2-c2c(-c3ccc(F)nc3)cccc21)c1ccnc2[nH]ccc12. The molecule has 3 heterocycles. The molecule has 1 aliphatic carbocycles. The molecule has 0 saturated carbocycles. The Morgan fingerprint density at radius 3 is 2.62 bits per heavy atom. The van der Waals surface area contributed by atoms with Crippen molar-refractivity contribution >= 4 is 16.9 Å². The number of hydrogen-bond donors (Lipinski definition) is 2.